The second-order valence-electron chi connectivity index (χ2n) is 11.0. The maximum Gasteiger partial charge on any atom is 0.343 e. The van der Waals surface area contributed by atoms with E-state index in [1.807, 2.05) is 60.7 Å². The SMILES string of the molecule is C=CCCOc1ccc(C(=O)Oc2ccc3ccccc3c2-c2c(OC(=O)c3ccc(OCCC=C)cc3)ccc3ccccc23)cc1. The van der Waals surface area contributed by atoms with Crippen molar-refractivity contribution >= 4 is 33.5 Å². The van der Waals surface area contributed by atoms with Crippen molar-refractivity contribution in [2.45, 2.75) is 12.8 Å². The predicted molar refractivity (Wildman–Crippen MR) is 190 cm³/mol. The van der Waals surface area contributed by atoms with Gasteiger partial charge in [0, 0.05) is 11.1 Å². The smallest absolute Gasteiger partial charge is 0.343 e. The van der Waals surface area contributed by atoms with Crippen LogP contribution in [0, 0.1) is 0 Å². The quantitative estimate of drug-likeness (QED) is 0.0545. The van der Waals surface area contributed by atoms with E-state index in [2.05, 4.69) is 13.2 Å². The van der Waals surface area contributed by atoms with Crippen LogP contribution in [0.4, 0.5) is 0 Å². The topological polar surface area (TPSA) is 71.1 Å². The first kappa shape index (κ1) is 31.8. The van der Waals surface area contributed by atoms with E-state index >= 15 is 0 Å². The normalized spacial score (nSPS) is 10.8. The zero-order valence-electron chi connectivity index (χ0n) is 26.4. The van der Waals surface area contributed by atoms with Crippen LogP contribution >= 0.6 is 0 Å². The second-order valence-corrected chi connectivity index (χ2v) is 11.0. The fraction of sp³-hybridized carbons (Fsp3) is 0.0952. The summed E-state index contributed by atoms with van der Waals surface area (Å²) in [5.41, 5.74) is 2.01. The first-order chi connectivity index (χ1) is 23.6. The molecule has 48 heavy (non-hydrogen) atoms. The molecule has 6 nitrogen and oxygen atoms in total. The lowest BCUT2D eigenvalue weighted by Gasteiger charge is -2.19. The van der Waals surface area contributed by atoms with Gasteiger partial charge < -0.3 is 18.9 Å². The molecule has 6 aromatic rings. The van der Waals surface area contributed by atoms with E-state index in [4.69, 9.17) is 18.9 Å². The van der Waals surface area contributed by atoms with Crippen molar-refractivity contribution in [1.29, 1.82) is 0 Å². The standard InChI is InChI=1S/C42H34O6/c1-3-5-27-45-33-21-15-31(16-22-33)41(43)47-37-25-19-29-11-7-9-13-35(29)39(37)40-36-14-10-8-12-30(36)20-26-38(40)48-42(44)32-17-23-34(24-18-32)46-28-6-4-2/h3-4,7-26H,1-2,5-6,27-28H2. The van der Waals surface area contributed by atoms with Gasteiger partial charge in [-0.2, -0.15) is 0 Å². The zero-order chi connectivity index (χ0) is 33.3. The third-order valence-electron chi connectivity index (χ3n) is 7.80. The summed E-state index contributed by atoms with van der Waals surface area (Å²) in [6, 6.07) is 36.7. The van der Waals surface area contributed by atoms with E-state index in [9.17, 15) is 9.59 Å². The van der Waals surface area contributed by atoms with Gasteiger partial charge in [0.25, 0.3) is 0 Å². The Bertz CT molecular complexity index is 1940. The van der Waals surface area contributed by atoms with Crippen LogP contribution in [0.3, 0.4) is 0 Å². The lowest BCUT2D eigenvalue weighted by Crippen LogP contribution is -2.11. The average Bonchev–Trinajstić information content (AvgIpc) is 3.12. The molecule has 0 N–H and O–H groups in total. The molecule has 0 spiro atoms. The van der Waals surface area contributed by atoms with Gasteiger partial charge in [-0.15, -0.1) is 13.2 Å². The number of esters is 2. The molecule has 238 valence electrons. The van der Waals surface area contributed by atoms with Crippen molar-refractivity contribution in [3.63, 3.8) is 0 Å². The number of fused-ring (bicyclic) bond motifs is 2. The highest BCUT2D eigenvalue weighted by Gasteiger charge is 2.23. The molecular formula is C42H34O6. The number of hydrogen-bond acceptors (Lipinski definition) is 6. The number of rotatable bonds is 13. The minimum absolute atomic E-state index is 0.333. The van der Waals surface area contributed by atoms with Gasteiger partial charge in [0.15, 0.2) is 0 Å². The maximum atomic E-state index is 13.6. The summed E-state index contributed by atoms with van der Waals surface area (Å²) >= 11 is 0. The molecule has 0 aliphatic carbocycles. The van der Waals surface area contributed by atoms with Crippen molar-refractivity contribution in [2.24, 2.45) is 0 Å². The van der Waals surface area contributed by atoms with Gasteiger partial charge in [-0.25, -0.2) is 9.59 Å². The molecule has 0 aliphatic rings. The maximum absolute atomic E-state index is 13.6. The lowest BCUT2D eigenvalue weighted by atomic mass is 9.92. The molecule has 0 heterocycles. The molecule has 0 radical (unpaired) electrons. The molecule has 6 rings (SSSR count). The molecule has 0 unspecified atom stereocenters. The fourth-order valence-corrected chi connectivity index (χ4v) is 5.40. The average molecular weight is 635 g/mol. The van der Waals surface area contributed by atoms with Crippen LogP contribution in [0.5, 0.6) is 23.0 Å². The predicted octanol–water partition coefficient (Wildman–Crippen LogP) is 10.0. The van der Waals surface area contributed by atoms with Gasteiger partial charge in [-0.3, -0.25) is 0 Å². The largest absolute Gasteiger partial charge is 0.493 e. The van der Waals surface area contributed by atoms with Crippen LogP contribution in [0.1, 0.15) is 33.6 Å². The highest BCUT2D eigenvalue weighted by molar-refractivity contribution is 6.11. The Hall–Kier alpha value is -6.14. The molecule has 0 bridgehead atoms. The molecule has 6 aromatic carbocycles. The molecule has 0 aliphatic heterocycles. The molecule has 0 amide bonds. The highest BCUT2D eigenvalue weighted by atomic mass is 16.5. The second kappa shape index (κ2) is 15.0. The van der Waals surface area contributed by atoms with E-state index < -0.39 is 11.9 Å². The summed E-state index contributed by atoms with van der Waals surface area (Å²) in [6.45, 7) is 8.42. The molecule has 0 saturated carbocycles. The summed E-state index contributed by atoms with van der Waals surface area (Å²) in [6.07, 6.45) is 5.01. The zero-order valence-corrected chi connectivity index (χ0v) is 26.4. The van der Waals surface area contributed by atoms with E-state index in [1.165, 1.54) is 0 Å². The van der Waals surface area contributed by atoms with Crippen molar-refractivity contribution in [3.05, 3.63) is 158 Å². The van der Waals surface area contributed by atoms with Crippen LogP contribution in [0.2, 0.25) is 0 Å². The minimum atomic E-state index is -0.529. The summed E-state index contributed by atoms with van der Waals surface area (Å²) in [7, 11) is 0. The van der Waals surface area contributed by atoms with Crippen LogP contribution < -0.4 is 18.9 Å². The monoisotopic (exact) mass is 634 g/mol. The van der Waals surface area contributed by atoms with Gasteiger partial charge in [-0.1, -0.05) is 72.8 Å². The first-order valence-electron chi connectivity index (χ1n) is 15.7. The summed E-state index contributed by atoms with van der Waals surface area (Å²) < 4.78 is 23.6. The molecule has 6 heteroatoms. The number of carbonyl (C=O) groups excluding carboxylic acids is 2. The van der Waals surface area contributed by atoms with E-state index in [-0.39, 0.29) is 0 Å². The summed E-state index contributed by atoms with van der Waals surface area (Å²) in [5.74, 6) is 0.907. The van der Waals surface area contributed by atoms with Gasteiger partial charge in [0.2, 0.25) is 0 Å². The Balaban J connectivity index is 1.39. The summed E-state index contributed by atoms with van der Waals surface area (Å²) in [4.78, 5) is 27.1. The van der Waals surface area contributed by atoms with Gasteiger partial charge >= 0.3 is 11.9 Å². The Morgan fingerprint density at radius 1 is 0.500 bits per heavy atom. The third kappa shape index (κ3) is 7.13. The lowest BCUT2D eigenvalue weighted by molar-refractivity contribution is 0.0723. The molecule has 0 atom stereocenters. The van der Waals surface area contributed by atoms with E-state index in [0.29, 0.717) is 58.5 Å². The van der Waals surface area contributed by atoms with Crippen LogP contribution in [-0.4, -0.2) is 25.2 Å². The van der Waals surface area contributed by atoms with Gasteiger partial charge in [0.1, 0.15) is 23.0 Å². The minimum Gasteiger partial charge on any atom is -0.493 e. The Morgan fingerprint density at radius 3 is 1.29 bits per heavy atom. The Morgan fingerprint density at radius 2 is 0.896 bits per heavy atom. The van der Waals surface area contributed by atoms with Crippen molar-refractivity contribution < 1.29 is 28.5 Å². The summed E-state index contributed by atoms with van der Waals surface area (Å²) in [5, 5.41) is 3.54. The van der Waals surface area contributed by atoms with Crippen LogP contribution in [0.15, 0.2) is 147 Å². The molecule has 0 aromatic heterocycles. The number of benzene rings is 6. The molecular weight excluding hydrogens is 600 g/mol. The van der Waals surface area contributed by atoms with Crippen molar-refractivity contribution in [1.82, 2.24) is 0 Å². The van der Waals surface area contributed by atoms with Crippen molar-refractivity contribution in [2.75, 3.05) is 13.2 Å². The van der Waals surface area contributed by atoms with E-state index in [1.54, 1.807) is 72.8 Å². The first-order valence-corrected chi connectivity index (χ1v) is 15.7. The Labute approximate surface area is 279 Å². The Kier molecular flexibility index (Phi) is 9.92. The number of ether oxygens (including phenoxy) is 4. The van der Waals surface area contributed by atoms with Crippen molar-refractivity contribution in [3.8, 4) is 34.1 Å². The van der Waals surface area contributed by atoms with Gasteiger partial charge in [-0.05, 0) is 95.1 Å². The number of carbonyl (C=O) groups is 2. The van der Waals surface area contributed by atoms with Crippen LogP contribution in [-0.2, 0) is 0 Å². The fourth-order valence-electron chi connectivity index (χ4n) is 5.40. The highest BCUT2D eigenvalue weighted by Crippen LogP contribution is 2.46. The van der Waals surface area contributed by atoms with Crippen LogP contribution in [0.25, 0.3) is 32.7 Å². The van der Waals surface area contributed by atoms with Gasteiger partial charge in [0.05, 0.1) is 24.3 Å². The molecule has 0 fully saturated rings. The number of hydrogen-bond donors (Lipinski definition) is 0. The third-order valence-corrected chi connectivity index (χ3v) is 7.80. The van der Waals surface area contributed by atoms with E-state index in [0.717, 1.165) is 34.4 Å². The molecule has 0 saturated heterocycles.